The van der Waals surface area contributed by atoms with Gasteiger partial charge in [0.05, 0.1) is 6.61 Å². The highest BCUT2D eigenvalue weighted by atomic mass is 32.3. The fourth-order valence-electron chi connectivity index (χ4n) is 0.534. The lowest BCUT2D eigenvalue weighted by Crippen LogP contribution is -2.02. The smallest absolute Gasteiger partial charge is 0.394 e. The molecule has 0 spiro atoms. The van der Waals surface area contributed by atoms with E-state index < -0.39 is 10.4 Å². The summed E-state index contributed by atoms with van der Waals surface area (Å²) in [5.74, 6) is 0. The minimum absolute atomic E-state index is 0.0972. The molecule has 6 nitrogen and oxygen atoms in total. The van der Waals surface area contributed by atoms with E-state index in [1.807, 2.05) is 18.2 Å². The monoisotopic (exact) mass is 251 g/mol. The van der Waals surface area contributed by atoms with Gasteiger partial charge in [-0.2, -0.15) is 8.42 Å². The molecule has 0 radical (unpaired) electrons. The van der Waals surface area contributed by atoms with Crippen LogP contribution in [0.1, 0.15) is 5.56 Å². The van der Waals surface area contributed by atoms with Gasteiger partial charge in [0.2, 0.25) is 0 Å². The topological polar surface area (TPSA) is 121 Å². The van der Waals surface area contributed by atoms with Crippen LogP contribution in [0.25, 0.3) is 0 Å². The highest BCUT2D eigenvalue weighted by molar-refractivity contribution is 7.79. The van der Waals surface area contributed by atoms with Crippen LogP contribution in [0.3, 0.4) is 0 Å². The average Bonchev–Trinajstić information content (AvgIpc) is 2.17. The number of aliphatic hydroxyl groups is 1. The molecule has 16 heavy (non-hydrogen) atoms. The van der Waals surface area contributed by atoms with Gasteiger partial charge in [0.1, 0.15) is 0 Å². The van der Waals surface area contributed by atoms with Gasteiger partial charge < -0.3 is 10.8 Å². The third kappa shape index (κ3) is 29.2. The molecule has 1 rings (SSSR count). The average molecular weight is 251 g/mol. The van der Waals surface area contributed by atoms with E-state index in [1.54, 1.807) is 0 Å². The summed E-state index contributed by atoms with van der Waals surface area (Å²) in [6.07, 6.45) is 0. The standard InChI is InChI=1S/C7H8.C2H7NO.H2O4S/c1-7-5-3-2-4-6-7;3-1-2-4;1-5(2,3)4/h2-6H,1H3;4H,1-3H2;(H2,1,2,3,4). The van der Waals surface area contributed by atoms with Crippen LogP contribution in [0.2, 0.25) is 0 Å². The Bertz CT molecular complexity index is 328. The molecule has 0 bridgehead atoms. The molecule has 0 aromatic heterocycles. The predicted octanol–water partition coefficient (Wildman–Crippen LogP) is 0.280. The van der Waals surface area contributed by atoms with E-state index >= 15 is 0 Å². The summed E-state index contributed by atoms with van der Waals surface area (Å²) in [7, 11) is -4.67. The van der Waals surface area contributed by atoms with Crippen molar-refractivity contribution in [2.24, 2.45) is 5.73 Å². The molecule has 0 aliphatic rings. The maximum atomic E-state index is 8.74. The molecule has 0 saturated heterocycles. The molecule has 0 aliphatic carbocycles. The van der Waals surface area contributed by atoms with Crippen LogP contribution in [0.15, 0.2) is 30.3 Å². The van der Waals surface area contributed by atoms with Crippen molar-refractivity contribution in [2.75, 3.05) is 13.2 Å². The summed E-state index contributed by atoms with van der Waals surface area (Å²) in [4.78, 5) is 0. The molecule has 7 heteroatoms. The van der Waals surface area contributed by atoms with Crippen molar-refractivity contribution < 1.29 is 22.6 Å². The van der Waals surface area contributed by atoms with Crippen LogP contribution >= 0.6 is 0 Å². The van der Waals surface area contributed by atoms with Gasteiger partial charge in [-0.05, 0) is 6.92 Å². The number of rotatable bonds is 1. The highest BCUT2D eigenvalue weighted by Crippen LogP contribution is 1.92. The van der Waals surface area contributed by atoms with E-state index in [0.29, 0.717) is 6.54 Å². The summed E-state index contributed by atoms with van der Waals surface area (Å²) in [6.45, 7) is 2.56. The van der Waals surface area contributed by atoms with E-state index in [2.05, 4.69) is 19.1 Å². The third-order valence-corrected chi connectivity index (χ3v) is 1.07. The van der Waals surface area contributed by atoms with Crippen LogP contribution in [0.5, 0.6) is 0 Å². The summed E-state index contributed by atoms with van der Waals surface area (Å²) in [6, 6.07) is 10.3. The van der Waals surface area contributed by atoms with Crippen LogP contribution in [-0.4, -0.2) is 35.8 Å². The maximum absolute atomic E-state index is 8.74. The molecule has 0 saturated carbocycles. The van der Waals surface area contributed by atoms with Crippen LogP contribution in [0.4, 0.5) is 0 Å². The Morgan fingerprint density at radius 3 is 1.62 bits per heavy atom. The molecule has 94 valence electrons. The molecule has 1 aromatic rings. The Kier molecular flexibility index (Phi) is 11.5. The lowest BCUT2D eigenvalue weighted by atomic mass is 10.2. The van der Waals surface area contributed by atoms with E-state index in [4.69, 9.17) is 28.4 Å². The fraction of sp³-hybridized carbons (Fsp3) is 0.333. The zero-order valence-corrected chi connectivity index (χ0v) is 9.76. The molecule has 0 amide bonds. The van der Waals surface area contributed by atoms with Gasteiger partial charge in [-0.1, -0.05) is 35.9 Å². The van der Waals surface area contributed by atoms with Gasteiger partial charge >= 0.3 is 10.4 Å². The Balaban J connectivity index is 0. The van der Waals surface area contributed by atoms with Crippen LogP contribution in [0, 0.1) is 6.92 Å². The molecular formula is C9H17NO5S. The van der Waals surface area contributed by atoms with Crippen molar-refractivity contribution in [3.8, 4) is 0 Å². The SMILES string of the molecule is Cc1ccccc1.NCCO.O=S(=O)(O)O. The van der Waals surface area contributed by atoms with Gasteiger partial charge in [-0.25, -0.2) is 0 Å². The van der Waals surface area contributed by atoms with Crippen molar-refractivity contribution >= 4 is 10.4 Å². The second-order valence-electron chi connectivity index (χ2n) is 2.61. The lowest BCUT2D eigenvalue weighted by molar-refractivity contribution is 0.306. The minimum Gasteiger partial charge on any atom is -0.395 e. The number of nitrogens with two attached hydrogens (primary N) is 1. The van der Waals surface area contributed by atoms with Crippen molar-refractivity contribution in [3.63, 3.8) is 0 Å². The number of aliphatic hydroxyl groups excluding tert-OH is 1. The van der Waals surface area contributed by atoms with Gasteiger partial charge in [-0.15, -0.1) is 0 Å². The summed E-state index contributed by atoms with van der Waals surface area (Å²) >= 11 is 0. The second kappa shape index (κ2) is 10.5. The Hall–Kier alpha value is -0.990. The van der Waals surface area contributed by atoms with Gasteiger partial charge in [-0.3, -0.25) is 9.11 Å². The molecule has 0 unspecified atom stereocenters. The highest BCUT2D eigenvalue weighted by Gasteiger charge is 1.84. The Morgan fingerprint density at radius 2 is 1.50 bits per heavy atom. The van der Waals surface area contributed by atoms with E-state index in [-0.39, 0.29) is 6.61 Å². The normalized spacial score (nSPS) is 9.31. The zero-order chi connectivity index (χ0) is 13.0. The lowest BCUT2D eigenvalue weighted by Gasteiger charge is -1.82. The number of hydrogen-bond donors (Lipinski definition) is 4. The van der Waals surface area contributed by atoms with E-state index in [9.17, 15) is 0 Å². The van der Waals surface area contributed by atoms with Gasteiger partial charge in [0.15, 0.2) is 0 Å². The van der Waals surface area contributed by atoms with Crippen LogP contribution < -0.4 is 5.73 Å². The second-order valence-corrected chi connectivity index (χ2v) is 3.51. The molecule has 0 atom stereocenters. The van der Waals surface area contributed by atoms with Gasteiger partial charge in [0.25, 0.3) is 0 Å². The molecule has 5 N–H and O–H groups in total. The van der Waals surface area contributed by atoms with Crippen molar-refractivity contribution in [2.45, 2.75) is 6.92 Å². The van der Waals surface area contributed by atoms with E-state index in [1.165, 1.54) is 5.56 Å². The summed E-state index contributed by atoms with van der Waals surface area (Å²) < 4.78 is 31.6. The maximum Gasteiger partial charge on any atom is 0.394 e. The zero-order valence-electron chi connectivity index (χ0n) is 8.94. The number of aryl methyl sites for hydroxylation is 1. The molecule has 1 aromatic carbocycles. The third-order valence-electron chi connectivity index (χ3n) is 1.07. The first-order valence-electron chi connectivity index (χ1n) is 4.33. The quantitative estimate of drug-likeness (QED) is 0.532. The molecule has 0 heterocycles. The molecule has 0 aliphatic heterocycles. The first-order valence-corrected chi connectivity index (χ1v) is 5.73. The van der Waals surface area contributed by atoms with Crippen LogP contribution in [-0.2, 0) is 10.4 Å². The Morgan fingerprint density at radius 1 is 1.19 bits per heavy atom. The van der Waals surface area contributed by atoms with Crippen molar-refractivity contribution in [1.29, 1.82) is 0 Å². The first kappa shape index (κ1) is 17.4. The molecule has 0 fully saturated rings. The number of benzene rings is 1. The van der Waals surface area contributed by atoms with Crippen molar-refractivity contribution in [3.05, 3.63) is 35.9 Å². The first-order chi connectivity index (χ1) is 7.31. The fourth-order valence-corrected chi connectivity index (χ4v) is 0.534. The summed E-state index contributed by atoms with van der Waals surface area (Å²) in [5, 5.41) is 7.75. The summed E-state index contributed by atoms with van der Waals surface area (Å²) in [5.41, 5.74) is 6.10. The Labute approximate surface area is 95.3 Å². The van der Waals surface area contributed by atoms with Gasteiger partial charge in [0, 0.05) is 6.54 Å². The van der Waals surface area contributed by atoms with E-state index in [0.717, 1.165) is 0 Å². The predicted molar refractivity (Wildman–Crippen MR) is 61.5 cm³/mol. The minimum atomic E-state index is -4.67. The molecular weight excluding hydrogens is 234 g/mol. The number of hydrogen-bond acceptors (Lipinski definition) is 4. The largest absolute Gasteiger partial charge is 0.395 e. The van der Waals surface area contributed by atoms with Crippen molar-refractivity contribution in [1.82, 2.24) is 0 Å².